The molecule has 1 atom stereocenters. The first kappa shape index (κ1) is 23.5. The smallest absolute Gasteiger partial charge is 0.250 e. The molecule has 0 aromatic heterocycles. The lowest BCUT2D eigenvalue weighted by atomic mass is 9.96. The minimum atomic E-state index is -3.70. The molecule has 0 bridgehead atoms. The number of benzene rings is 2. The second kappa shape index (κ2) is 9.32. The first-order chi connectivity index (χ1) is 15.7. The van der Waals surface area contributed by atoms with Crippen molar-refractivity contribution in [2.45, 2.75) is 36.7 Å². The van der Waals surface area contributed by atoms with Crippen LogP contribution in [0.25, 0.3) is 0 Å². The first-order valence-electron chi connectivity index (χ1n) is 10.8. The summed E-state index contributed by atoms with van der Waals surface area (Å²) in [6, 6.07) is 11.7. The summed E-state index contributed by atoms with van der Waals surface area (Å²) in [5, 5.41) is 3.37. The van der Waals surface area contributed by atoms with E-state index >= 15 is 0 Å². The highest BCUT2D eigenvalue weighted by Gasteiger charge is 2.40. The third-order valence-corrected chi connectivity index (χ3v) is 8.29. The van der Waals surface area contributed by atoms with E-state index in [1.165, 1.54) is 25.1 Å². The van der Waals surface area contributed by atoms with E-state index in [0.717, 1.165) is 34.9 Å². The van der Waals surface area contributed by atoms with E-state index in [2.05, 4.69) is 5.32 Å². The second-order valence-electron chi connectivity index (χ2n) is 8.44. The number of rotatable bonds is 6. The number of carbonyl (C=O) groups excluding carboxylic acids is 2. The van der Waals surface area contributed by atoms with Crippen LogP contribution in [0.5, 0.6) is 0 Å². The summed E-state index contributed by atoms with van der Waals surface area (Å²) in [4.78, 5) is 29.7. The molecule has 2 aromatic carbocycles. The number of nitrogens with one attached hydrogen (secondary N) is 1. The molecule has 2 heterocycles. The van der Waals surface area contributed by atoms with Crippen LogP contribution in [0.15, 0.2) is 47.4 Å². The third-order valence-electron chi connectivity index (χ3n) is 6.12. The van der Waals surface area contributed by atoms with Gasteiger partial charge in [-0.05, 0) is 49.1 Å². The summed E-state index contributed by atoms with van der Waals surface area (Å²) in [6.45, 7) is 0.750. The van der Waals surface area contributed by atoms with Gasteiger partial charge in [0.15, 0.2) is 0 Å². The Labute approximate surface area is 199 Å². The SMILES string of the molecule is CN(C)S(=O)(=O)c1ccc2c(c1)N(CC(=O)NCc1ccccc1Cl)C(=O)[C@@H]1CCCCN21. The topological polar surface area (TPSA) is 90.0 Å². The highest BCUT2D eigenvalue weighted by molar-refractivity contribution is 7.89. The Morgan fingerprint density at radius 3 is 2.64 bits per heavy atom. The molecule has 0 aliphatic carbocycles. The van der Waals surface area contributed by atoms with E-state index in [1.54, 1.807) is 18.2 Å². The molecule has 0 unspecified atom stereocenters. The number of carbonyl (C=O) groups is 2. The van der Waals surface area contributed by atoms with E-state index in [9.17, 15) is 18.0 Å². The van der Waals surface area contributed by atoms with Crippen LogP contribution < -0.4 is 15.1 Å². The number of sulfonamides is 1. The number of hydrogen-bond donors (Lipinski definition) is 1. The molecule has 1 N–H and O–H groups in total. The average Bonchev–Trinajstić information content (AvgIpc) is 2.80. The number of amides is 2. The molecule has 176 valence electrons. The Kier molecular flexibility index (Phi) is 6.65. The van der Waals surface area contributed by atoms with Gasteiger partial charge in [0.25, 0.3) is 0 Å². The Morgan fingerprint density at radius 1 is 1.15 bits per heavy atom. The van der Waals surface area contributed by atoms with Gasteiger partial charge in [-0.3, -0.25) is 14.5 Å². The van der Waals surface area contributed by atoms with Crippen molar-refractivity contribution in [3.05, 3.63) is 53.1 Å². The van der Waals surface area contributed by atoms with E-state index < -0.39 is 10.0 Å². The van der Waals surface area contributed by atoms with Gasteiger partial charge in [0.1, 0.15) is 12.6 Å². The first-order valence-corrected chi connectivity index (χ1v) is 12.7. The molecule has 33 heavy (non-hydrogen) atoms. The van der Waals surface area contributed by atoms with Gasteiger partial charge in [-0.15, -0.1) is 0 Å². The summed E-state index contributed by atoms with van der Waals surface area (Å²) in [7, 11) is -0.781. The fraction of sp³-hybridized carbons (Fsp3) is 0.391. The molecular formula is C23H27ClN4O4S. The molecule has 0 radical (unpaired) electrons. The Bertz CT molecular complexity index is 1180. The molecule has 4 rings (SSSR count). The zero-order chi connectivity index (χ0) is 23.8. The lowest BCUT2D eigenvalue weighted by Crippen LogP contribution is -2.57. The van der Waals surface area contributed by atoms with Gasteiger partial charge in [-0.25, -0.2) is 12.7 Å². The molecule has 2 aliphatic rings. The van der Waals surface area contributed by atoms with Gasteiger partial charge in [-0.1, -0.05) is 29.8 Å². The third kappa shape index (κ3) is 4.58. The monoisotopic (exact) mass is 490 g/mol. The van der Waals surface area contributed by atoms with Crippen LogP contribution in [0.4, 0.5) is 11.4 Å². The largest absolute Gasteiger partial charge is 0.358 e. The van der Waals surface area contributed by atoms with Crippen LogP contribution in [0.3, 0.4) is 0 Å². The van der Waals surface area contributed by atoms with Gasteiger partial charge >= 0.3 is 0 Å². The van der Waals surface area contributed by atoms with Crippen LogP contribution in [0.1, 0.15) is 24.8 Å². The number of nitrogens with zero attached hydrogens (tertiary/aromatic N) is 3. The normalized spacial score (nSPS) is 18.2. The van der Waals surface area contributed by atoms with Crippen molar-refractivity contribution in [1.82, 2.24) is 9.62 Å². The van der Waals surface area contributed by atoms with Crippen molar-refractivity contribution >= 4 is 44.8 Å². The van der Waals surface area contributed by atoms with E-state index in [4.69, 9.17) is 11.6 Å². The molecular weight excluding hydrogens is 464 g/mol. The summed E-state index contributed by atoms with van der Waals surface area (Å²) in [5.41, 5.74) is 1.99. The van der Waals surface area contributed by atoms with E-state index in [-0.39, 0.29) is 35.8 Å². The maximum Gasteiger partial charge on any atom is 0.250 e. The standard InChI is InChI=1S/C23H27ClN4O4S/c1-26(2)33(31,32)17-10-11-19-21(13-17)28(23(30)20-9-5-6-12-27(19)20)15-22(29)25-14-16-7-3-4-8-18(16)24/h3-4,7-8,10-11,13,20H,5-6,9,12,14-15H2,1-2H3,(H,25,29)/t20-/m0/s1. The van der Waals surface area contributed by atoms with Gasteiger partial charge in [0.2, 0.25) is 21.8 Å². The predicted octanol–water partition coefficient (Wildman–Crippen LogP) is 2.61. The van der Waals surface area contributed by atoms with Gasteiger partial charge in [0.05, 0.1) is 16.3 Å². The molecule has 2 aromatic rings. The molecule has 2 amide bonds. The van der Waals surface area contributed by atoms with Crippen molar-refractivity contribution in [3.8, 4) is 0 Å². The minimum Gasteiger partial charge on any atom is -0.358 e. The van der Waals surface area contributed by atoms with Gasteiger partial charge in [0, 0.05) is 32.2 Å². The molecule has 10 heteroatoms. The molecule has 2 aliphatic heterocycles. The number of halogens is 1. The van der Waals surface area contributed by atoms with E-state index in [0.29, 0.717) is 17.1 Å². The highest BCUT2D eigenvalue weighted by atomic mass is 35.5. The molecule has 1 saturated heterocycles. The lowest BCUT2D eigenvalue weighted by Gasteiger charge is -2.45. The van der Waals surface area contributed by atoms with Crippen LogP contribution in [0, 0.1) is 0 Å². The van der Waals surface area contributed by atoms with Crippen LogP contribution >= 0.6 is 11.6 Å². The van der Waals surface area contributed by atoms with Crippen molar-refractivity contribution in [2.75, 3.05) is 37.0 Å². The molecule has 1 fully saturated rings. The number of fused-ring (bicyclic) bond motifs is 3. The van der Waals surface area contributed by atoms with Crippen molar-refractivity contribution in [2.24, 2.45) is 0 Å². The summed E-state index contributed by atoms with van der Waals surface area (Å²) in [5.74, 6) is -0.533. The Morgan fingerprint density at radius 2 is 1.91 bits per heavy atom. The van der Waals surface area contributed by atoms with Gasteiger partial charge in [-0.2, -0.15) is 0 Å². The van der Waals surface area contributed by atoms with Crippen molar-refractivity contribution in [1.29, 1.82) is 0 Å². The fourth-order valence-corrected chi connectivity index (χ4v) is 5.43. The van der Waals surface area contributed by atoms with Crippen LogP contribution in [-0.2, 0) is 26.2 Å². The van der Waals surface area contributed by atoms with E-state index in [1.807, 2.05) is 23.1 Å². The van der Waals surface area contributed by atoms with Gasteiger partial charge < -0.3 is 10.2 Å². The minimum absolute atomic E-state index is 0.0796. The predicted molar refractivity (Wildman–Crippen MR) is 128 cm³/mol. The number of anilines is 2. The fourth-order valence-electron chi connectivity index (χ4n) is 4.31. The molecule has 0 spiro atoms. The molecule has 8 nitrogen and oxygen atoms in total. The molecule has 0 saturated carbocycles. The quantitative estimate of drug-likeness (QED) is 0.672. The van der Waals surface area contributed by atoms with Crippen molar-refractivity contribution in [3.63, 3.8) is 0 Å². The number of piperidine rings is 1. The highest BCUT2D eigenvalue weighted by Crippen LogP contribution is 2.40. The second-order valence-corrected chi connectivity index (χ2v) is 11.0. The Hall–Kier alpha value is -2.62. The zero-order valence-corrected chi connectivity index (χ0v) is 20.2. The zero-order valence-electron chi connectivity index (χ0n) is 18.6. The summed E-state index contributed by atoms with van der Waals surface area (Å²) in [6.07, 6.45) is 2.59. The van der Waals surface area contributed by atoms with Crippen LogP contribution in [0.2, 0.25) is 5.02 Å². The maximum absolute atomic E-state index is 13.4. The lowest BCUT2D eigenvalue weighted by molar-refractivity contribution is -0.125. The number of hydrogen-bond acceptors (Lipinski definition) is 5. The average molecular weight is 491 g/mol. The maximum atomic E-state index is 13.4. The Balaban J connectivity index is 1.64. The summed E-state index contributed by atoms with van der Waals surface area (Å²) < 4.78 is 26.6. The summed E-state index contributed by atoms with van der Waals surface area (Å²) >= 11 is 6.17. The van der Waals surface area contributed by atoms with Crippen molar-refractivity contribution < 1.29 is 18.0 Å². The van der Waals surface area contributed by atoms with Crippen LogP contribution in [-0.4, -0.2) is 57.8 Å².